The highest BCUT2D eigenvalue weighted by atomic mass is 32.2. The fourth-order valence-corrected chi connectivity index (χ4v) is 3.19. The summed E-state index contributed by atoms with van der Waals surface area (Å²) < 4.78 is 12.7. The average Bonchev–Trinajstić information content (AvgIpc) is 2.98. The van der Waals surface area contributed by atoms with Crippen molar-refractivity contribution < 1.29 is 14.3 Å². The van der Waals surface area contributed by atoms with Crippen molar-refractivity contribution in [3.63, 3.8) is 0 Å². The Morgan fingerprint density at radius 2 is 2.00 bits per heavy atom. The molecule has 2 rings (SSSR count). The molecule has 0 heterocycles. The Morgan fingerprint density at radius 3 is 2.65 bits per heavy atom. The number of rotatable bonds is 6. The summed E-state index contributed by atoms with van der Waals surface area (Å²) in [6.45, 7) is 0.327. The van der Waals surface area contributed by atoms with Gasteiger partial charge in [-0.25, -0.2) is 4.39 Å². The Balaban J connectivity index is 1.66. The van der Waals surface area contributed by atoms with Crippen molar-refractivity contribution in [3.05, 3.63) is 30.1 Å². The molecule has 110 valence electrons. The number of amides is 1. The quantitative estimate of drug-likeness (QED) is 0.794. The minimum Gasteiger partial charge on any atom is -0.391 e. The summed E-state index contributed by atoms with van der Waals surface area (Å²) in [7, 11) is 0. The van der Waals surface area contributed by atoms with Gasteiger partial charge >= 0.3 is 0 Å². The van der Waals surface area contributed by atoms with E-state index in [4.69, 9.17) is 0 Å². The predicted octanol–water partition coefficient (Wildman–Crippen LogP) is 2.59. The summed E-state index contributed by atoms with van der Waals surface area (Å²) in [5.74, 6) is 0.234. The predicted molar refractivity (Wildman–Crippen MR) is 78.1 cm³/mol. The van der Waals surface area contributed by atoms with Gasteiger partial charge in [-0.15, -0.1) is 11.8 Å². The highest BCUT2D eigenvalue weighted by Crippen LogP contribution is 2.27. The number of benzene rings is 1. The van der Waals surface area contributed by atoms with Crippen LogP contribution in [0.2, 0.25) is 0 Å². The molecule has 20 heavy (non-hydrogen) atoms. The number of carbonyl (C=O) groups is 1. The first-order chi connectivity index (χ1) is 9.65. The monoisotopic (exact) mass is 297 g/mol. The van der Waals surface area contributed by atoms with Gasteiger partial charge in [-0.05, 0) is 43.0 Å². The standard InChI is InChI=1S/C15H20FNO2S/c16-12-5-7-13(8-6-12)20-10-15(19)17-9-14(18)11-3-1-2-4-11/h5-8,11,14,18H,1-4,9-10H2,(H,17,19). The molecule has 1 fully saturated rings. The molecule has 0 radical (unpaired) electrons. The van der Waals surface area contributed by atoms with Gasteiger partial charge in [0.1, 0.15) is 5.82 Å². The molecule has 1 aromatic rings. The van der Waals surface area contributed by atoms with E-state index in [9.17, 15) is 14.3 Å². The molecular formula is C15H20FNO2S. The van der Waals surface area contributed by atoms with E-state index in [0.717, 1.165) is 17.7 Å². The van der Waals surface area contributed by atoms with Gasteiger partial charge in [-0.3, -0.25) is 4.79 Å². The second kappa shape index (κ2) is 7.64. The molecule has 1 atom stereocenters. The van der Waals surface area contributed by atoms with Crippen molar-refractivity contribution in [1.29, 1.82) is 0 Å². The van der Waals surface area contributed by atoms with Crippen LogP contribution in [0.25, 0.3) is 0 Å². The van der Waals surface area contributed by atoms with Gasteiger partial charge in [0.25, 0.3) is 0 Å². The van der Waals surface area contributed by atoms with Crippen molar-refractivity contribution in [2.45, 2.75) is 36.7 Å². The van der Waals surface area contributed by atoms with Crippen LogP contribution >= 0.6 is 11.8 Å². The van der Waals surface area contributed by atoms with Crippen molar-refractivity contribution in [1.82, 2.24) is 5.32 Å². The zero-order chi connectivity index (χ0) is 14.4. The van der Waals surface area contributed by atoms with Crippen LogP contribution in [0, 0.1) is 11.7 Å². The van der Waals surface area contributed by atoms with Crippen LogP contribution in [-0.2, 0) is 4.79 Å². The molecular weight excluding hydrogens is 277 g/mol. The van der Waals surface area contributed by atoms with Crippen LogP contribution in [0.15, 0.2) is 29.2 Å². The third-order valence-electron chi connectivity index (χ3n) is 3.64. The van der Waals surface area contributed by atoms with E-state index >= 15 is 0 Å². The molecule has 2 N–H and O–H groups in total. The summed E-state index contributed by atoms with van der Waals surface area (Å²) in [5, 5.41) is 12.7. The normalized spacial score (nSPS) is 17.1. The summed E-state index contributed by atoms with van der Waals surface area (Å²) >= 11 is 1.36. The lowest BCUT2D eigenvalue weighted by Crippen LogP contribution is -2.36. The fraction of sp³-hybridized carbons (Fsp3) is 0.533. The van der Waals surface area contributed by atoms with Crippen molar-refractivity contribution in [2.75, 3.05) is 12.3 Å². The van der Waals surface area contributed by atoms with Gasteiger partial charge in [0.2, 0.25) is 5.91 Å². The third kappa shape index (κ3) is 4.80. The molecule has 3 nitrogen and oxygen atoms in total. The summed E-state index contributed by atoms with van der Waals surface area (Å²) in [5.41, 5.74) is 0. The lowest BCUT2D eigenvalue weighted by Gasteiger charge is -2.17. The van der Waals surface area contributed by atoms with Crippen molar-refractivity contribution in [2.24, 2.45) is 5.92 Å². The molecule has 1 saturated carbocycles. The molecule has 0 spiro atoms. The van der Waals surface area contributed by atoms with E-state index in [0.29, 0.717) is 12.5 Å². The zero-order valence-electron chi connectivity index (χ0n) is 11.3. The van der Waals surface area contributed by atoms with E-state index in [2.05, 4.69) is 5.32 Å². The van der Waals surface area contributed by atoms with Gasteiger partial charge < -0.3 is 10.4 Å². The van der Waals surface area contributed by atoms with Crippen LogP contribution in [-0.4, -0.2) is 29.4 Å². The number of hydrogen-bond donors (Lipinski definition) is 2. The van der Waals surface area contributed by atoms with E-state index in [1.807, 2.05) is 0 Å². The molecule has 1 aliphatic rings. The maximum Gasteiger partial charge on any atom is 0.230 e. The minimum atomic E-state index is -0.433. The average molecular weight is 297 g/mol. The maximum absolute atomic E-state index is 12.7. The Hall–Kier alpha value is -1.07. The summed E-state index contributed by atoms with van der Waals surface area (Å²) in [6.07, 6.45) is 4.03. The zero-order valence-corrected chi connectivity index (χ0v) is 12.2. The minimum absolute atomic E-state index is 0.101. The first kappa shape index (κ1) is 15.3. The lowest BCUT2D eigenvalue weighted by atomic mass is 10.0. The summed E-state index contributed by atoms with van der Waals surface area (Å²) in [4.78, 5) is 12.5. The van der Waals surface area contributed by atoms with Crippen LogP contribution in [0.1, 0.15) is 25.7 Å². The number of halogens is 1. The molecule has 0 aromatic heterocycles. The lowest BCUT2D eigenvalue weighted by molar-refractivity contribution is -0.119. The highest BCUT2D eigenvalue weighted by Gasteiger charge is 2.23. The van der Waals surface area contributed by atoms with Crippen LogP contribution in [0.5, 0.6) is 0 Å². The first-order valence-electron chi connectivity index (χ1n) is 6.98. The topological polar surface area (TPSA) is 49.3 Å². The Morgan fingerprint density at radius 1 is 1.35 bits per heavy atom. The number of hydrogen-bond acceptors (Lipinski definition) is 3. The van der Waals surface area contributed by atoms with Crippen LogP contribution in [0.4, 0.5) is 4.39 Å². The summed E-state index contributed by atoms with van der Waals surface area (Å²) in [6, 6.07) is 6.06. The van der Waals surface area contributed by atoms with E-state index in [-0.39, 0.29) is 17.5 Å². The number of thioether (sulfide) groups is 1. The van der Waals surface area contributed by atoms with E-state index in [1.54, 1.807) is 12.1 Å². The maximum atomic E-state index is 12.7. The molecule has 5 heteroatoms. The molecule has 0 bridgehead atoms. The number of nitrogens with one attached hydrogen (secondary N) is 1. The molecule has 1 unspecified atom stereocenters. The molecule has 1 aliphatic carbocycles. The molecule has 1 aromatic carbocycles. The SMILES string of the molecule is O=C(CSc1ccc(F)cc1)NCC(O)C1CCCC1. The van der Waals surface area contributed by atoms with Crippen molar-refractivity contribution in [3.8, 4) is 0 Å². The largest absolute Gasteiger partial charge is 0.391 e. The first-order valence-corrected chi connectivity index (χ1v) is 7.97. The number of carbonyl (C=O) groups excluding carboxylic acids is 1. The van der Waals surface area contributed by atoms with Crippen LogP contribution in [0.3, 0.4) is 0 Å². The van der Waals surface area contributed by atoms with Gasteiger partial charge in [-0.1, -0.05) is 12.8 Å². The second-order valence-electron chi connectivity index (χ2n) is 5.16. The highest BCUT2D eigenvalue weighted by molar-refractivity contribution is 8.00. The third-order valence-corrected chi connectivity index (χ3v) is 4.65. The van der Waals surface area contributed by atoms with Gasteiger partial charge in [0.05, 0.1) is 11.9 Å². The number of aliphatic hydroxyl groups is 1. The number of aliphatic hydroxyl groups excluding tert-OH is 1. The second-order valence-corrected chi connectivity index (χ2v) is 6.21. The van der Waals surface area contributed by atoms with Gasteiger partial charge in [0, 0.05) is 11.4 Å². The van der Waals surface area contributed by atoms with E-state index < -0.39 is 6.10 Å². The van der Waals surface area contributed by atoms with Gasteiger partial charge in [-0.2, -0.15) is 0 Å². The Bertz CT molecular complexity index is 432. The van der Waals surface area contributed by atoms with Gasteiger partial charge in [0.15, 0.2) is 0 Å². The van der Waals surface area contributed by atoms with Crippen molar-refractivity contribution >= 4 is 17.7 Å². The Kier molecular flexibility index (Phi) is 5.86. The molecule has 0 saturated heterocycles. The van der Waals surface area contributed by atoms with E-state index in [1.165, 1.54) is 36.7 Å². The Labute approximate surface area is 123 Å². The fourth-order valence-electron chi connectivity index (χ4n) is 2.46. The molecule has 0 aliphatic heterocycles. The molecule has 1 amide bonds. The van der Waals surface area contributed by atoms with Crippen LogP contribution < -0.4 is 5.32 Å². The smallest absolute Gasteiger partial charge is 0.230 e.